The zero-order valence-electron chi connectivity index (χ0n) is 23.7. The lowest BCUT2D eigenvalue weighted by atomic mass is 10.0. The van der Waals surface area contributed by atoms with Gasteiger partial charge in [0.15, 0.2) is 5.82 Å². The first kappa shape index (κ1) is 28.8. The van der Waals surface area contributed by atoms with Crippen LogP contribution in [0.25, 0.3) is 10.9 Å². The summed E-state index contributed by atoms with van der Waals surface area (Å²) in [6.45, 7) is 4.96. The summed E-state index contributed by atoms with van der Waals surface area (Å²) < 4.78 is 33.0. The number of carbonyl (C=O) groups excluding carboxylic acids is 2. The summed E-state index contributed by atoms with van der Waals surface area (Å²) in [7, 11) is 0. The number of piperazine rings is 1. The summed E-state index contributed by atoms with van der Waals surface area (Å²) in [5.41, 5.74) is 4.33. The number of H-pyrrole nitrogens is 1. The molecule has 0 unspecified atom stereocenters. The van der Waals surface area contributed by atoms with Crippen LogP contribution in [0.2, 0.25) is 0 Å². The van der Waals surface area contributed by atoms with Crippen molar-refractivity contribution in [1.82, 2.24) is 15.1 Å². The van der Waals surface area contributed by atoms with Crippen LogP contribution in [0.15, 0.2) is 54.6 Å². The van der Waals surface area contributed by atoms with Crippen LogP contribution < -0.4 is 15.5 Å². The van der Waals surface area contributed by atoms with Crippen LogP contribution in [0, 0.1) is 11.6 Å². The Kier molecular flexibility index (Phi) is 8.62. The molecule has 4 aromatic rings. The quantitative estimate of drug-likeness (QED) is 0.246. The smallest absolute Gasteiger partial charge is 0.258 e. The number of rotatable bonds is 9. The van der Waals surface area contributed by atoms with Crippen LogP contribution in [-0.2, 0) is 16.0 Å². The van der Waals surface area contributed by atoms with Crippen molar-refractivity contribution in [3.05, 3.63) is 82.9 Å². The number of carbonyl (C=O) groups is 2. The molecule has 3 N–H and O–H groups in total. The fraction of sp³-hybridized carbons (Fsp3) is 0.344. The van der Waals surface area contributed by atoms with E-state index in [2.05, 4.69) is 30.6 Å². The molecule has 2 fully saturated rings. The molecule has 9 nitrogen and oxygen atoms in total. The van der Waals surface area contributed by atoms with E-state index in [-0.39, 0.29) is 11.9 Å². The van der Waals surface area contributed by atoms with Gasteiger partial charge in [-0.1, -0.05) is 6.07 Å². The number of aldehydes is 1. The van der Waals surface area contributed by atoms with Crippen LogP contribution in [0.5, 0.6) is 0 Å². The molecule has 0 aliphatic carbocycles. The molecule has 0 spiro atoms. The first-order valence-corrected chi connectivity index (χ1v) is 14.6. The van der Waals surface area contributed by atoms with Crippen molar-refractivity contribution >= 4 is 40.3 Å². The number of halogens is 2. The van der Waals surface area contributed by atoms with Crippen LogP contribution in [0.1, 0.15) is 34.3 Å². The fourth-order valence-electron chi connectivity index (χ4n) is 5.79. The molecular weight excluding hydrogens is 554 g/mol. The second-order valence-electron chi connectivity index (χ2n) is 11.1. The molecule has 224 valence electrons. The maximum atomic E-state index is 13.7. The van der Waals surface area contributed by atoms with Crippen molar-refractivity contribution in [2.45, 2.75) is 25.3 Å². The molecule has 2 aliphatic rings. The Morgan fingerprint density at radius 3 is 2.49 bits per heavy atom. The number of nitrogens with zero attached hydrogens (tertiary/aromatic N) is 3. The van der Waals surface area contributed by atoms with Crippen molar-refractivity contribution in [3.63, 3.8) is 0 Å². The van der Waals surface area contributed by atoms with E-state index >= 15 is 0 Å². The fourth-order valence-corrected chi connectivity index (χ4v) is 5.79. The SMILES string of the molecule is O=CCN1CCN(c2ccc(C(=O)Nc3n[nH]c4ccc(Cc5cc(F)cc(F)c5)cc34)c(NC3CCOCC3)c2)CC1. The normalized spacial score (nSPS) is 16.4. The van der Waals surface area contributed by atoms with Crippen LogP contribution >= 0.6 is 0 Å². The minimum absolute atomic E-state index is 0.182. The minimum atomic E-state index is -0.622. The van der Waals surface area contributed by atoms with E-state index in [1.807, 2.05) is 36.4 Å². The minimum Gasteiger partial charge on any atom is -0.381 e. The average Bonchev–Trinajstić information content (AvgIpc) is 3.39. The Bertz CT molecular complexity index is 1590. The zero-order valence-corrected chi connectivity index (χ0v) is 23.7. The highest BCUT2D eigenvalue weighted by Gasteiger charge is 2.22. The standard InChI is InChI=1S/C32H34F2N6O3/c33-23-16-22(17-24(34)19-23)15-21-1-4-29-28(18-21)31(38-37-29)36-32(42)27-3-2-26(40-9-7-39(8-10-40)11-12-41)20-30(27)35-25-5-13-43-14-6-25/h1-4,12,16-20,25,35H,5-11,13-15H2,(H2,36,37,38,42). The predicted octanol–water partition coefficient (Wildman–Crippen LogP) is 4.60. The van der Waals surface area contributed by atoms with E-state index < -0.39 is 11.6 Å². The molecule has 2 aliphatic heterocycles. The monoisotopic (exact) mass is 588 g/mol. The molecule has 3 heterocycles. The number of hydrogen-bond donors (Lipinski definition) is 3. The number of aromatic amines is 1. The summed E-state index contributed by atoms with van der Waals surface area (Å²) in [5, 5.41) is 14.6. The van der Waals surface area contributed by atoms with E-state index in [9.17, 15) is 18.4 Å². The number of benzene rings is 3. The summed E-state index contributed by atoms with van der Waals surface area (Å²) in [6.07, 6.45) is 2.95. The van der Waals surface area contributed by atoms with Gasteiger partial charge in [-0.15, -0.1) is 0 Å². The van der Waals surface area contributed by atoms with Crippen molar-refractivity contribution in [2.75, 3.05) is 61.5 Å². The van der Waals surface area contributed by atoms with E-state index in [1.165, 1.54) is 12.1 Å². The Balaban J connectivity index is 1.24. The second kappa shape index (κ2) is 12.9. The molecule has 1 amide bonds. The molecule has 0 radical (unpaired) electrons. The predicted molar refractivity (Wildman–Crippen MR) is 162 cm³/mol. The Hall–Kier alpha value is -4.35. The molecule has 3 aromatic carbocycles. The third-order valence-electron chi connectivity index (χ3n) is 8.09. The van der Waals surface area contributed by atoms with Gasteiger partial charge in [-0.2, -0.15) is 5.10 Å². The van der Waals surface area contributed by atoms with E-state index in [4.69, 9.17) is 4.74 Å². The number of amides is 1. The lowest BCUT2D eigenvalue weighted by Crippen LogP contribution is -2.47. The van der Waals surface area contributed by atoms with Gasteiger partial charge in [-0.25, -0.2) is 8.78 Å². The summed E-state index contributed by atoms with van der Waals surface area (Å²) >= 11 is 0. The van der Waals surface area contributed by atoms with Crippen molar-refractivity contribution in [3.8, 4) is 0 Å². The maximum absolute atomic E-state index is 13.7. The third-order valence-corrected chi connectivity index (χ3v) is 8.09. The van der Waals surface area contributed by atoms with E-state index in [0.29, 0.717) is 48.5 Å². The Morgan fingerprint density at radius 1 is 0.977 bits per heavy atom. The van der Waals surface area contributed by atoms with Gasteiger partial charge in [-0.05, 0) is 72.9 Å². The highest BCUT2D eigenvalue weighted by molar-refractivity contribution is 6.11. The van der Waals surface area contributed by atoms with E-state index in [1.54, 1.807) is 0 Å². The molecule has 1 aromatic heterocycles. The number of nitrogens with one attached hydrogen (secondary N) is 3. The highest BCUT2D eigenvalue weighted by atomic mass is 19.1. The maximum Gasteiger partial charge on any atom is 0.258 e. The van der Waals surface area contributed by atoms with Crippen LogP contribution in [0.4, 0.5) is 26.0 Å². The lowest BCUT2D eigenvalue weighted by molar-refractivity contribution is -0.108. The number of anilines is 3. The van der Waals surface area contributed by atoms with Gasteiger partial charge in [0.25, 0.3) is 5.91 Å². The molecule has 43 heavy (non-hydrogen) atoms. The summed E-state index contributed by atoms with van der Waals surface area (Å²) in [4.78, 5) is 29.0. The molecule has 11 heteroatoms. The third kappa shape index (κ3) is 6.84. The van der Waals surface area contributed by atoms with Crippen LogP contribution in [0.3, 0.4) is 0 Å². The number of hydrogen-bond acceptors (Lipinski definition) is 7. The van der Waals surface area contributed by atoms with Gasteiger partial charge < -0.3 is 25.1 Å². The van der Waals surface area contributed by atoms with Gasteiger partial charge in [0.1, 0.15) is 17.9 Å². The summed E-state index contributed by atoms with van der Waals surface area (Å²) in [5.74, 6) is -1.17. The van der Waals surface area contributed by atoms with E-state index in [0.717, 1.165) is 73.8 Å². The van der Waals surface area contributed by atoms with Gasteiger partial charge >= 0.3 is 0 Å². The number of aromatic nitrogens is 2. The first-order valence-electron chi connectivity index (χ1n) is 14.6. The molecule has 2 saturated heterocycles. The van der Waals surface area contributed by atoms with Crippen LogP contribution in [-0.4, -0.2) is 79.3 Å². The highest BCUT2D eigenvalue weighted by Crippen LogP contribution is 2.29. The second-order valence-corrected chi connectivity index (χ2v) is 11.1. The topological polar surface area (TPSA) is 103 Å². The van der Waals surface area contributed by atoms with Crippen molar-refractivity contribution in [2.24, 2.45) is 0 Å². The van der Waals surface area contributed by atoms with Crippen molar-refractivity contribution in [1.29, 1.82) is 0 Å². The average molecular weight is 589 g/mol. The molecule has 0 atom stereocenters. The van der Waals surface area contributed by atoms with Gasteiger partial charge in [0, 0.05) is 68.3 Å². The molecular formula is C32H34F2N6O3. The number of ether oxygens (including phenoxy) is 1. The lowest BCUT2D eigenvalue weighted by Gasteiger charge is -2.35. The molecule has 6 rings (SSSR count). The zero-order chi connectivity index (χ0) is 29.8. The first-order chi connectivity index (χ1) is 20.9. The van der Waals surface area contributed by atoms with Crippen molar-refractivity contribution < 1.29 is 23.1 Å². The van der Waals surface area contributed by atoms with Gasteiger partial charge in [0.05, 0.1) is 17.6 Å². The van der Waals surface area contributed by atoms with Gasteiger partial charge in [0.2, 0.25) is 0 Å². The number of fused-ring (bicyclic) bond motifs is 1. The molecule has 0 bridgehead atoms. The molecule has 0 saturated carbocycles. The Labute approximate surface area is 248 Å². The largest absolute Gasteiger partial charge is 0.381 e. The van der Waals surface area contributed by atoms with Gasteiger partial charge in [-0.3, -0.25) is 14.8 Å². The summed E-state index contributed by atoms with van der Waals surface area (Å²) in [6, 6.07) is 15.0. The Morgan fingerprint density at radius 2 is 1.74 bits per heavy atom.